The van der Waals surface area contributed by atoms with Crippen LogP contribution in [-0.4, -0.2) is 44.7 Å². The van der Waals surface area contributed by atoms with E-state index in [1.54, 1.807) is 0 Å². The van der Waals surface area contributed by atoms with Crippen LogP contribution in [-0.2, 0) is 22.9 Å². The van der Waals surface area contributed by atoms with Crippen LogP contribution in [0.1, 0.15) is 56.7 Å². The van der Waals surface area contributed by atoms with Crippen LogP contribution in [0, 0.1) is 5.92 Å². The van der Waals surface area contributed by atoms with Crippen LogP contribution in [0.25, 0.3) is 0 Å². The molecule has 2 aliphatic rings. The SMILES string of the molecule is COc1ccc(C(=O)NNC(=O)c2cc3c(s2)CCC(C)C3)cc1S(=O)(=O)N1CCCC1. The number of sulfonamides is 1. The number of amides is 2. The molecule has 2 amide bonds. The molecule has 1 saturated heterocycles. The topological polar surface area (TPSA) is 105 Å². The molecule has 1 aliphatic carbocycles. The predicted octanol–water partition coefficient (Wildman–Crippen LogP) is 2.74. The van der Waals surface area contributed by atoms with Gasteiger partial charge < -0.3 is 4.74 Å². The van der Waals surface area contributed by atoms with E-state index in [9.17, 15) is 18.0 Å². The van der Waals surface area contributed by atoms with Crippen LogP contribution in [0.4, 0.5) is 0 Å². The van der Waals surface area contributed by atoms with Gasteiger partial charge in [0.05, 0.1) is 12.0 Å². The number of nitrogens with one attached hydrogen (secondary N) is 2. The Kier molecular flexibility index (Phi) is 6.55. The molecule has 1 atom stereocenters. The van der Waals surface area contributed by atoms with E-state index in [0.717, 1.165) is 32.1 Å². The summed E-state index contributed by atoms with van der Waals surface area (Å²) < 4.78 is 32.6. The Morgan fingerprint density at radius 3 is 2.56 bits per heavy atom. The lowest BCUT2D eigenvalue weighted by molar-refractivity contribution is 0.0848. The molecule has 1 aromatic carbocycles. The van der Waals surface area contributed by atoms with Gasteiger partial charge in [0.25, 0.3) is 11.8 Å². The molecule has 1 aliphatic heterocycles. The number of benzene rings is 1. The molecule has 1 fully saturated rings. The second kappa shape index (κ2) is 9.21. The van der Waals surface area contributed by atoms with Gasteiger partial charge in [0.2, 0.25) is 10.0 Å². The fourth-order valence-corrected chi connectivity index (χ4v) is 6.95. The third kappa shape index (κ3) is 4.53. The first kappa shape index (κ1) is 22.8. The van der Waals surface area contributed by atoms with Gasteiger partial charge in [0.1, 0.15) is 10.6 Å². The molecular formula is C22H27N3O5S2. The lowest BCUT2D eigenvalue weighted by Crippen LogP contribution is -2.41. The van der Waals surface area contributed by atoms with E-state index in [0.29, 0.717) is 23.9 Å². The normalized spacial score (nSPS) is 18.8. The number of hydrogen-bond acceptors (Lipinski definition) is 6. The monoisotopic (exact) mass is 477 g/mol. The number of rotatable bonds is 5. The molecule has 0 radical (unpaired) electrons. The van der Waals surface area contributed by atoms with Gasteiger partial charge in [-0.3, -0.25) is 20.4 Å². The molecular weight excluding hydrogens is 450 g/mol. The number of hydrogen-bond donors (Lipinski definition) is 2. The Balaban J connectivity index is 1.47. The van der Waals surface area contributed by atoms with Crippen molar-refractivity contribution in [1.29, 1.82) is 0 Å². The van der Waals surface area contributed by atoms with Gasteiger partial charge in [0, 0.05) is 23.5 Å². The van der Waals surface area contributed by atoms with Crippen molar-refractivity contribution in [2.45, 2.75) is 43.9 Å². The Bertz CT molecular complexity index is 1140. The zero-order chi connectivity index (χ0) is 22.9. The van der Waals surface area contributed by atoms with Crippen LogP contribution in [0.3, 0.4) is 0 Å². The molecule has 32 heavy (non-hydrogen) atoms. The van der Waals surface area contributed by atoms with Gasteiger partial charge in [0.15, 0.2) is 0 Å². The average Bonchev–Trinajstić information content (AvgIpc) is 3.47. The van der Waals surface area contributed by atoms with Crippen LogP contribution in [0.2, 0.25) is 0 Å². The molecule has 2 heterocycles. The highest BCUT2D eigenvalue weighted by Gasteiger charge is 2.31. The summed E-state index contributed by atoms with van der Waals surface area (Å²) in [5.41, 5.74) is 6.15. The summed E-state index contributed by atoms with van der Waals surface area (Å²) in [6, 6.07) is 6.10. The molecule has 4 rings (SSSR count). The Labute approximate surface area is 192 Å². The maximum Gasteiger partial charge on any atom is 0.279 e. The number of hydrazine groups is 1. The van der Waals surface area contributed by atoms with Gasteiger partial charge in [-0.25, -0.2) is 8.42 Å². The zero-order valence-electron chi connectivity index (χ0n) is 18.1. The molecule has 0 saturated carbocycles. The van der Waals surface area contributed by atoms with Gasteiger partial charge in [-0.1, -0.05) is 6.92 Å². The summed E-state index contributed by atoms with van der Waals surface area (Å²) in [5.74, 6) is -0.206. The number of aryl methyl sites for hydroxylation is 1. The fourth-order valence-electron chi connectivity index (χ4n) is 4.15. The number of methoxy groups -OCH3 is 1. The number of carbonyl (C=O) groups excluding carboxylic acids is 2. The smallest absolute Gasteiger partial charge is 0.279 e. The zero-order valence-corrected chi connectivity index (χ0v) is 19.8. The van der Waals surface area contributed by atoms with Crippen LogP contribution >= 0.6 is 11.3 Å². The quantitative estimate of drug-likeness (QED) is 0.645. The summed E-state index contributed by atoms with van der Waals surface area (Å²) in [6.07, 6.45) is 4.66. The molecule has 1 aromatic heterocycles. The second-order valence-electron chi connectivity index (χ2n) is 8.29. The number of carbonyl (C=O) groups is 2. The Hall–Kier alpha value is -2.43. The Morgan fingerprint density at radius 1 is 1.12 bits per heavy atom. The van der Waals surface area contributed by atoms with Crippen molar-refractivity contribution < 1.29 is 22.7 Å². The largest absolute Gasteiger partial charge is 0.495 e. The minimum absolute atomic E-state index is 0.0547. The lowest BCUT2D eigenvalue weighted by Gasteiger charge is -2.18. The van der Waals surface area contributed by atoms with E-state index < -0.39 is 15.9 Å². The highest BCUT2D eigenvalue weighted by Crippen LogP contribution is 2.32. The van der Waals surface area contributed by atoms with Crippen molar-refractivity contribution in [1.82, 2.24) is 15.2 Å². The maximum absolute atomic E-state index is 13.0. The van der Waals surface area contributed by atoms with E-state index in [-0.39, 0.29) is 22.1 Å². The first-order valence-electron chi connectivity index (χ1n) is 10.7. The minimum Gasteiger partial charge on any atom is -0.495 e. The standard InChI is InChI=1S/C22H27N3O5S2/c1-14-5-8-18-16(11-14)12-19(31-18)22(27)24-23-21(26)15-6-7-17(30-2)20(13-15)32(28,29)25-9-3-4-10-25/h6-7,12-14H,3-5,8-11H2,1-2H3,(H,23,26)(H,24,27). The van der Waals surface area contributed by atoms with Crippen molar-refractivity contribution >= 4 is 33.2 Å². The molecule has 0 bridgehead atoms. The highest BCUT2D eigenvalue weighted by atomic mass is 32.2. The molecule has 2 N–H and O–H groups in total. The van der Waals surface area contributed by atoms with Crippen LogP contribution < -0.4 is 15.6 Å². The van der Waals surface area contributed by atoms with E-state index in [4.69, 9.17) is 4.74 Å². The average molecular weight is 478 g/mol. The highest BCUT2D eigenvalue weighted by molar-refractivity contribution is 7.89. The maximum atomic E-state index is 13.0. The van der Waals surface area contributed by atoms with E-state index >= 15 is 0 Å². The Morgan fingerprint density at radius 2 is 1.84 bits per heavy atom. The summed E-state index contributed by atoms with van der Waals surface area (Å²) >= 11 is 1.45. The van der Waals surface area contributed by atoms with Gasteiger partial charge in [-0.2, -0.15) is 4.31 Å². The molecule has 0 spiro atoms. The molecule has 172 valence electrons. The van der Waals surface area contributed by atoms with E-state index in [2.05, 4.69) is 17.8 Å². The summed E-state index contributed by atoms with van der Waals surface area (Å²) in [4.78, 5) is 26.9. The number of ether oxygens (including phenoxy) is 1. The molecule has 2 aromatic rings. The fraction of sp³-hybridized carbons (Fsp3) is 0.455. The third-order valence-corrected chi connectivity index (χ3v) is 9.11. The number of thiophene rings is 1. The lowest BCUT2D eigenvalue weighted by atomic mass is 9.90. The van der Waals surface area contributed by atoms with Crippen LogP contribution in [0.5, 0.6) is 5.75 Å². The van der Waals surface area contributed by atoms with E-state index in [1.807, 2.05) is 6.07 Å². The molecule has 1 unspecified atom stereocenters. The van der Waals surface area contributed by atoms with Crippen molar-refractivity contribution in [3.05, 3.63) is 45.1 Å². The van der Waals surface area contributed by atoms with Crippen LogP contribution in [0.15, 0.2) is 29.2 Å². The molecule has 8 nitrogen and oxygen atoms in total. The number of fused-ring (bicyclic) bond motifs is 1. The van der Waals surface area contributed by atoms with Gasteiger partial charge in [-0.05, 0) is 67.9 Å². The first-order chi connectivity index (χ1) is 15.3. The van der Waals surface area contributed by atoms with E-state index in [1.165, 1.54) is 51.4 Å². The summed E-state index contributed by atoms with van der Waals surface area (Å²) in [6.45, 7) is 3.09. The summed E-state index contributed by atoms with van der Waals surface area (Å²) in [7, 11) is -2.39. The van der Waals surface area contributed by atoms with Crippen molar-refractivity contribution in [2.24, 2.45) is 5.92 Å². The van der Waals surface area contributed by atoms with Gasteiger partial charge >= 0.3 is 0 Å². The first-order valence-corrected chi connectivity index (χ1v) is 13.0. The number of nitrogens with zero attached hydrogens (tertiary/aromatic N) is 1. The summed E-state index contributed by atoms with van der Waals surface area (Å²) in [5, 5.41) is 0. The minimum atomic E-state index is -3.78. The van der Waals surface area contributed by atoms with Crippen molar-refractivity contribution in [3.63, 3.8) is 0 Å². The molecule has 10 heteroatoms. The predicted molar refractivity (Wildman–Crippen MR) is 121 cm³/mol. The second-order valence-corrected chi connectivity index (χ2v) is 11.3. The van der Waals surface area contributed by atoms with Crippen molar-refractivity contribution in [3.8, 4) is 5.75 Å². The van der Waals surface area contributed by atoms with Crippen molar-refractivity contribution in [2.75, 3.05) is 20.2 Å². The third-order valence-electron chi connectivity index (χ3n) is 5.95. The van der Waals surface area contributed by atoms with Gasteiger partial charge in [-0.15, -0.1) is 11.3 Å².